The highest BCUT2D eigenvalue weighted by Gasteiger charge is 2.02. The maximum Gasteiger partial charge on any atom is 0.195 e. The zero-order chi connectivity index (χ0) is 12.5. The van der Waals surface area contributed by atoms with E-state index in [2.05, 4.69) is 6.92 Å². The Morgan fingerprint density at radius 2 is 1.88 bits per heavy atom. The second-order valence-electron chi connectivity index (χ2n) is 4.01. The Bertz CT molecular complexity index is 330. The zero-order valence-corrected chi connectivity index (χ0v) is 10.6. The van der Waals surface area contributed by atoms with Crippen LogP contribution in [0.1, 0.15) is 25.3 Å². The number of carbonyl (C=O) groups excluding carboxylic acids is 1. The maximum absolute atomic E-state index is 11.2. The smallest absolute Gasteiger partial charge is 0.195 e. The number of carbonyl (C=O) groups is 1. The van der Waals surface area contributed by atoms with Gasteiger partial charge in [0, 0.05) is 7.11 Å². The molecular formula is C14H20O3. The number of methoxy groups -OCH3 is 1. The molecule has 94 valence electrons. The number of hydrogen-bond acceptors (Lipinski definition) is 3. The molecule has 0 radical (unpaired) electrons. The van der Waals surface area contributed by atoms with Crippen LogP contribution in [0.15, 0.2) is 24.3 Å². The van der Waals surface area contributed by atoms with Crippen LogP contribution in [-0.2, 0) is 16.0 Å². The average Bonchev–Trinajstić information content (AvgIpc) is 2.35. The lowest BCUT2D eigenvalue weighted by Gasteiger charge is -2.06. The van der Waals surface area contributed by atoms with Gasteiger partial charge in [-0.3, -0.25) is 4.79 Å². The van der Waals surface area contributed by atoms with Crippen LogP contribution in [0, 0.1) is 0 Å². The molecule has 1 rings (SSSR count). The van der Waals surface area contributed by atoms with E-state index in [-0.39, 0.29) is 19.0 Å². The van der Waals surface area contributed by atoms with Crippen LogP contribution >= 0.6 is 0 Å². The minimum absolute atomic E-state index is 0.0532. The maximum atomic E-state index is 11.2. The fraction of sp³-hybridized carbons (Fsp3) is 0.500. The summed E-state index contributed by atoms with van der Waals surface area (Å²) in [5.41, 5.74) is 1.31. The Kier molecular flexibility index (Phi) is 6.33. The highest BCUT2D eigenvalue weighted by Crippen LogP contribution is 2.13. The van der Waals surface area contributed by atoms with Gasteiger partial charge in [0.1, 0.15) is 19.0 Å². The van der Waals surface area contributed by atoms with Crippen LogP contribution in [0.5, 0.6) is 5.75 Å². The molecule has 0 atom stereocenters. The quantitative estimate of drug-likeness (QED) is 0.696. The van der Waals surface area contributed by atoms with Crippen molar-refractivity contribution in [3.63, 3.8) is 0 Å². The van der Waals surface area contributed by atoms with Crippen molar-refractivity contribution in [3.8, 4) is 5.75 Å². The van der Waals surface area contributed by atoms with E-state index >= 15 is 0 Å². The Labute approximate surface area is 103 Å². The number of ether oxygens (including phenoxy) is 2. The predicted octanol–water partition coefficient (Wildman–Crippen LogP) is 2.62. The van der Waals surface area contributed by atoms with Crippen LogP contribution in [-0.4, -0.2) is 26.1 Å². The third-order valence-electron chi connectivity index (χ3n) is 2.45. The van der Waals surface area contributed by atoms with Gasteiger partial charge in [-0.05, 0) is 30.5 Å². The summed E-state index contributed by atoms with van der Waals surface area (Å²) in [5, 5.41) is 0. The van der Waals surface area contributed by atoms with Gasteiger partial charge in [0.25, 0.3) is 0 Å². The molecule has 0 aromatic heterocycles. The van der Waals surface area contributed by atoms with Crippen molar-refractivity contribution >= 4 is 5.78 Å². The molecule has 0 aliphatic heterocycles. The van der Waals surface area contributed by atoms with E-state index in [1.807, 2.05) is 24.3 Å². The summed E-state index contributed by atoms with van der Waals surface area (Å²) in [4.78, 5) is 11.2. The summed E-state index contributed by atoms with van der Waals surface area (Å²) in [5.74, 6) is 0.678. The molecule has 0 amide bonds. The van der Waals surface area contributed by atoms with Crippen LogP contribution in [0.4, 0.5) is 0 Å². The van der Waals surface area contributed by atoms with Gasteiger partial charge in [-0.1, -0.05) is 25.5 Å². The third-order valence-corrected chi connectivity index (χ3v) is 2.45. The van der Waals surface area contributed by atoms with Crippen molar-refractivity contribution in [2.24, 2.45) is 0 Å². The van der Waals surface area contributed by atoms with Gasteiger partial charge in [-0.25, -0.2) is 0 Å². The SMILES string of the molecule is CCCCc1ccc(OCC(=O)COC)cc1. The zero-order valence-electron chi connectivity index (χ0n) is 10.6. The molecule has 0 aliphatic carbocycles. The number of ketones is 1. The molecule has 0 N–H and O–H groups in total. The Hall–Kier alpha value is -1.35. The molecular weight excluding hydrogens is 216 g/mol. The highest BCUT2D eigenvalue weighted by molar-refractivity contribution is 5.81. The first-order chi connectivity index (χ1) is 8.26. The number of aryl methyl sites for hydroxylation is 1. The summed E-state index contributed by atoms with van der Waals surface area (Å²) in [7, 11) is 1.50. The molecule has 1 aromatic rings. The summed E-state index contributed by atoms with van der Waals surface area (Å²) < 4.78 is 10.1. The fourth-order valence-electron chi connectivity index (χ4n) is 1.50. The first-order valence-electron chi connectivity index (χ1n) is 5.98. The van der Waals surface area contributed by atoms with E-state index < -0.39 is 0 Å². The lowest BCUT2D eigenvalue weighted by molar-refractivity contribution is -0.124. The Balaban J connectivity index is 2.37. The molecule has 0 unspecified atom stereocenters. The number of unbranched alkanes of at least 4 members (excludes halogenated alkanes) is 1. The number of hydrogen-bond donors (Lipinski definition) is 0. The number of benzene rings is 1. The largest absolute Gasteiger partial charge is 0.486 e. The van der Waals surface area contributed by atoms with E-state index in [9.17, 15) is 4.79 Å². The van der Waals surface area contributed by atoms with Gasteiger partial charge < -0.3 is 9.47 Å². The fourth-order valence-corrected chi connectivity index (χ4v) is 1.50. The molecule has 0 aliphatic rings. The third kappa shape index (κ3) is 5.50. The van der Waals surface area contributed by atoms with E-state index in [0.29, 0.717) is 0 Å². The predicted molar refractivity (Wildman–Crippen MR) is 67.4 cm³/mol. The van der Waals surface area contributed by atoms with Crippen molar-refractivity contribution in [1.29, 1.82) is 0 Å². The summed E-state index contributed by atoms with van der Waals surface area (Å²) in [6, 6.07) is 7.91. The van der Waals surface area contributed by atoms with Crippen LogP contribution in [0.25, 0.3) is 0 Å². The molecule has 0 saturated heterocycles. The van der Waals surface area contributed by atoms with Crippen molar-refractivity contribution in [1.82, 2.24) is 0 Å². The minimum Gasteiger partial charge on any atom is -0.486 e. The van der Waals surface area contributed by atoms with E-state index in [4.69, 9.17) is 9.47 Å². The average molecular weight is 236 g/mol. The van der Waals surface area contributed by atoms with Crippen LogP contribution < -0.4 is 4.74 Å². The van der Waals surface area contributed by atoms with E-state index in [0.717, 1.165) is 12.2 Å². The van der Waals surface area contributed by atoms with Crippen LogP contribution in [0.3, 0.4) is 0 Å². The first-order valence-corrected chi connectivity index (χ1v) is 5.98. The molecule has 1 aromatic carbocycles. The minimum atomic E-state index is -0.0532. The lowest BCUT2D eigenvalue weighted by atomic mass is 10.1. The molecule has 0 heterocycles. The van der Waals surface area contributed by atoms with Gasteiger partial charge in [-0.15, -0.1) is 0 Å². The summed E-state index contributed by atoms with van der Waals surface area (Å²) in [6.45, 7) is 2.36. The number of rotatable bonds is 8. The topological polar surface area (TPSA) is 35.5 Å². The second-order valence-corrected chi connectivity index (χ2v) is 4.01. The Morgan fingerprint density at radius 1 is 1.18 bits per heavy atom. The van der Waals surface area contributed by atoms with Crippen molar-refractivity contribution in [2.75, 3.05) is 20.3 Å². The molecule has 0 fully saturated rings. The molecule has 3 nitrogen and oxygen atoms in total. The summed E-state index contributed by atoms with van der Waals surface area (Å²) >= 11 is 0. The van der Waals surface area contributed by atoms with Gasteiger partial charge >= 0.3 is 0 Å². The van der Waals surface area contributed by atoms with Crippen LogP contribution in [0.2, 0.25) is 0 Å². The second kappa shape index (κ2) is 7.85. The highest BCUT2D eigenvalue weighted by atomic mass is 16.5. The summed E-state index contributed by atoms with van der Waals surface area (Å²) in [6.07, 6.45) is 3.50. The van der Waals surface area contributed by atoms with Crippen molar-refractivity contribution in [3.05, 3.63) is 29.8 Å². The lowest BCUT2D eigenvalue weighted by Crippen LogP contribution is -2.16. The normalized spacial score (nSPS) is 10.2. The monoisotopic (exact) mass is 236 g/mol. The van der Waals surface area contributed by atoms with Crippen molar-refractivity contribution < 1.29 is 14.3 Å². The van der Waals surface area contributed by atoms with E-state index in [1.54, 1.807) is 0 Å². The van der Waals surface area contributed by atoms with Gasteiger partial charge in [0.05, 0.1) is 0 Å². The van der Waals surface area contributed by atoms with Crippen molar-refractivity contribution in [2.45, 2.75) is 26.2 Å². The van der Waals surface area contributed by atoms with Gasteiger partial charge in [-0.2, -0.15) is 0 Å². The molecule has 0 saturated carbocycles. The standard InChI is InChI=1S/C14H20O3/c1-3-4-5-12-6-8-14(9-7-12)17-11-13(15)10-16-2/h6-9H,3-5,10-11H2,1-2H3. The molecule has 0 spiro atoms. The molecule has 17 heavy (non-hydrogen) atoms. The van der Waals surface area contributed by atoms with E-state index in [1.165, 1.54) is 25.5 Å². The number of Topliss-reactive ketones (excluding diaryl/α,β-unsaturated/α-hetero) is 1. The first kappa shape index (κ1) is 13.7. The molecule has 0 bridgehead atoms. The van der Waals surface area contributed by atoms with Gasteiger partial charge in [0.2, 0.25) is 0 Å². The molecule has 3 heteroatoms. The van der Waals surface area contributed by atoms with Gasteiger partial charge in [0.15, 0.2) is 5.78 Å². The Morgan fingerprint density at radius 3 is 2.47 bits per heavy atom.